The van der Waals surface area contributed by atoms with Gasteiger partial charge in [0, 0.05) is 13.2 Å². The van der Waals surface area contributed by atoms with E-state index >= 15 is 0 Å². The molecular weight excluding hydrogens is 340 g/mol. The summed E-state index contributed by atoms with van der Waals surface area (Å²) in [4.78, 5) is 12.3. The number of carbonyl (C=O) groups excluding carboxylic acids is 1. The van der Waals surface area contributed by atoms with E-state index in [0.717, 1.165) is 23.6 Å². The Balaban J connectivity index is 1.65. The molecule has 25 heavy (non-hydrogen) atoms. The van der Waals surface area contributed by atoms with Gasteiger partial charge in [-0.3, -0.25) is 4.79 Å². The van der Waals surface area contributed by atoms with Crippen molar-refractivity contribution >= 4 is 26.7 Å². The van der Waals surface area contributed by atoms with Crippen molar-refractivity contribution in [3.05, 3.63) is 42.5 Å². The minimum Gasteiger partial charge on any atom is -0.376 e. The van der Waals surface area contributed by atoms with Crippen LogP contribution in [-0.2, 0) is 19.6 Å². The maximum Gasteiger partial charge on any atom is 0.241 e. The monoisotopic (exact) mass is 362 g/mol. The van der Waals surface area contributed by atoms with Gasteiger partial charge < -0.3 is 10.1 Å². The maximum atomic E-state index is 12.5. The Labute approximate surface area is 147 Å². The summed E-state index contributed by atoms with van der Waals surface area (Å²) >= 11 is 0. The quantitative estimate of drug-likeness (QED) is 0.821. The van der Waals surface area contributed by atoms with E-state index in [1.54, 1.807) is 18.2 Å². The highest BCUT2D eigenvalue weighted by atomic mass is 32.2. The van der Waals surface area contributed by atoms with Crippen LogP contribution in [-0.4, -0.2) is 39.6 Å². The van der Waals surface area contributed by atoms with Crippen molar-refractivity contribution in [3.8, 4) is 0 Å². The summed E-state index contributed by atoms with van der Waals surface area (Å²) in [6, 6.07) is 11.6. The molecule has 0 bridgehead atoms. The summed E-state index contributed by atoms with van der Waals surface area (Å²) in [5.74, 6) is -0.361. The number of rotatable bonds is 6. The Morgan fingerprint density at radius 2 is 2.00 bits per heavy atom. The molecule has 1 aliphatic rings. The molecule has 1 fully saturated rings. The zero-order valence-electron chi connectivity index (χ0n) is 14.1. The molecule has 2 aromatic carbocycles. The molecule has 1 heterocycles. The highest BCUT2D eigenvalue weighted by molar-refractivity contribution is 7.89. The maximum absolute atomic E-state index is 12.5. The number of fused-ring (bicyclic) bond motifs is 1. The van der Waals surface area contributed by atoms with Gasteiger partial charge in [-0.25, -0.2) is 8.42 Å². The SMILES string of the molecule is C[C@@H](NS(=O)(=O)c1ccc2ccccc2c1)C(=O)NC[C@H]1CCCO1. The fourth-order valence-electron chi connectivity index (χ4n) is 2.86. The Morgan fingerprint density at radius 3 is 2.72 bits per heavy atom. The first kappa shape index (κ1) is 17.8. The van der Waals surface area contributed by atoms with Crippen LogP contribution in [0, 0.1) is 0 Å². The van der Waals surface area contributed by atoms with Crippen molar-refractivity contribution in [1.82, 2.24) is 10.0 Å². The molecule has 0 spiro atoms. The van der Waals surface area contributed by atoms with E-state index in [2.05, 4.69) is 10.0 Å². The zero-order chi connectivity index (χ0) is 17.9. The lowest BCUT2D eigenvalue weighted by atomic mass is 10.1. The van der Waals surface area contributed by atoms with Crippen LogP contribution in [0.3, 0.4) is 0 Å². The predicted molar refractivity (Wildman–Crippen MR) is 95.7 cm³/mol. The lowest BCUT2D eigenvalue weighted by Gasteiger charge is -2.16. The normalized spacial score (nSPS) is 19.0. The molecule has 134 valence electrons. The number of benzene rings is 2. The van der Waals surface area contributed by atoms with E-state index in [-0.39, 0.29) is 16.9 Å². The van der Waals surface area contributed by atoms with Crippen molar-refractivity contribution in [2.75, 3.05) is 13.2 Å². The molecule has 1 amide bonds. The largest absolute Gasteiger partial charge is 0.376 e. The van der Waals surface area contributed by atoms with Gasteiger partial charge >= 0.3 is 0 Å². The minimum atomic E-state index is -3.78. The average molecular weight is 362 g/mol. The number of hydrogen-bond acceptors (Lipinski definition) is 4. The summed E-state index contributed by atoms with van der Waals surface area (Å²) < 4.78 is 32.9. The highest BCUT2D eigenvalue weighted by Crippen LogP contribution is 2.19. The van der Waals surface area contributed by atoms with Gasteiger partial charge in [0.05, 0.1) is 17.0 Å². The summed E-state index contributed by atoms with van der Waals surface area (Å²) in [5, 5.41) is 4.53. The molecular formula is C18H22N2O4S. The Kier molecular flexibility index (Phi) is 5.36. The Hall–Kier alpha value is -1.96. The molecule has 0 unspecified atom stereocenters. The molecule has 7 heteroatoms. The van der Waals surface area contributed by atoms with E-state index < -0.39 is 16.1 Å². The van der Waals surface area contributed by atoms with Crippen LogP contribution in [0.25, 0.3) is 10.8 Å². The van der Waals surface area contributed by atoms with E-state index in [9.17, 15) is 13.2 Å². The third-order valence-electron chi connectivity index (χ3n) is 4.28. The molecule has 0 radical (unpaired) electrons. The number of nitrogens with one attached hydrogen (secondary N) is 2. The Morgan fingerprint density at radius 1 is 1.24 bits per heavy atom. The summed E-state index contributed by atoms with van der Waals surface area (Å²) in [7, 11) is -3.78. The van der Waals surface area contributed by atoms with E-state index in [1.807, 2.05) is 24.3 Å². The fourth-order valence-corrected chi connectivity index (χ4v) is 4.10. The minimum absolute atomic E-state index is 0.0215. The first-order valence-corrected chi connectivity index (χ1v) is 9.84. The lowest BCUT2D eigenvalue weighted by molar-refractivity contribution is -0.122. The predicted octanol–water partition coefficient (Wildman–Crippen LogP) is 1.80. The van der Waals surface area contributed by atoms with Gasteiger partial charge in [-0.15, -0.1) is 0 Å². The van der Waals surface area contributed by atoms with Gasteiger partial charge in [-0.1, -0.05) is 30.3 Å². The molecule has 0 aliphatic carbocycles. The summed E-state index contributed by atoms with van der Waals surface area (Å²) in [6.45, 7) is 2.65. The van der Waals surface area contributed by atoms with Crippen molar-refractivity contribution in [3.63, 3.8) is 0 Å². The first-order valence-electron chi connectivity index (χ1n) is 8.36. The number of sulfonamides is 1. The van der Waals surface area contributed by atoms with Crippen molar-refractivity contribution in [2.45, 2.75) is 36.8 Å². The molecule has 2 N–H and O–H groups in total. The van der Waals surface area contributed by atoms with Crippen LogP contribution in [0.4, 0.5) is 0 Å². The van der Waals surface area contributed by atoms with Crippen molar-refractivity contribution in [2.24, 2.45) is 0 Å². The number of hydrogen-bond donors (Lipinski definition) is 2. The third kappa shape index (κ3) is 4.36. The van der Waals surface area contributed by atoms with Crippen LogP contribution >= 0.6 is 0 Å². The van der Waals surface area contributed by atoms with E-state index in [0.29, 0.717) is 13.2 Å². The molecule has 0 saturated carbocycles. The van der Waals surface area contributed by atoms with Crippen LogP contribution in [0.1, 0.15) is 19.8 Å². The molecule has 2 aromatic rings. The standard InChI is InChI=1S/C18H22N2O4S/c1-13(18(21)19-12-16-7-4-10-24-16)20-25(22,23)17-9-8-14-5-2-3-6-15(14)11-17/h2-3,5-6,8-9,11,13,16,20H,4,7,10,12H2,1H3,(H,19,21)/t13-,16-/m1/s1. The second kappa shape index (κ2) is 7.51. The Bertz CT molecular complexity index is 860. The van der Waals surface area contributed by atoms with Crippen LogP contribution in [0.15, 0.2) is 47.4 Å². The van der Waals surface area contributed by atoms with Crippen LogP contribution < -0.4 is 10.0 Å². The molecule has 2 atom stereocenters. The van der Waals surface area contributed by atoms with Crippen molar-refractivity contribution < 1.29 is 17.9 Å². The zero-order valence-corrected chi connectivity index (χ0v) is 14.9. The summed E-state index contributed by atoms with van der Waals surface area (Å²) in [5.41, 5.74) is 0. The molecule has 3 rings (SSSR count). The van der Waals surface area contributed by atoms with E-state index in [4.69, 9.17) is 4.74 Å². The smallest absolute Gasteiger partial charge is 0.241 e. The molecule has 1 aliphatic heterocycles. The molecule has 0 aromatic heterocycles. The van der Waals surface area contributed by atoms with Gasteiger partial charge in [-0.2, -0.15) is 4.72 Å². The second-order valence-electron chi connectivity index (χ2n) is 6.23. The third-order valence-corrected chi connectivity index (χ3v) is 5.82. The van der Waals surface area contributed by atoms with Crippen molar-refractivity contribution in [1.29, 1.82) is 0 Å². The summed E-state index contributed by atoms with van der Waals surface area (Å²) in [6.07, 6.45) is 1.93. The van der Waals surface area contributed by atoms with E-state index in [1.165, 1.54) is 6.92 Å². The average Bonchev–Trinajstić information content (AvgIpc) is 3.12. The number of ether oxygens (including phenoxy) is 1. The second-order valence-corrected chi connectivity index (χ2v) is 7.95. The fraction of sp³-hybridized carbons (Fsp3) is 0.389. The first-order chi connectivity index (χ1) is 12.0. The lowest BCUT2D eigenvalue weighted by Crippen LogP contribution is -2.46. The van der Waals surface area contributed by atoms with Gasteiger partial charge in [0.15, 0.2) is 0 Å². The highest BCUT2D eigenvalue weighted by Gasteiger charge is 2.23. The topological polar surface area (TPSA) is 84.5 Å². The van der Waals surface area contributed by atoms with Crippen LogP contribution in [0.2, 0.25) is 0 Å². The van der Waals surface area contributed by atoms with Gasteiger partial charge in [0.25, 0.3) is 0 Å². The number of amides is 1. The molecule has 6 nitrogen and oxygen atoms in total. The van der Waals surface area contributed by atoms with Gasteiger partial charge in [-0.05, 0) is 42.7 Å². The van der Waals surface area contributed by atoms with Gasteiger partial charge in [0.1, 0.15) is 0 Å². The van der Waals surface area contributed by atoms with Crippen LogP contribution in [0.5, 0.6) is 0 Å². The van der Waals surface area contributed by atoms with Gasteiger partial charge in [0.2, 0.25) is 15.9 Å². The number of carbonyl (C=O) groups is 1. The molecule has 1 saturated heterocycles.